The molecule has 2 amide bonds. The van der Waals surface area contributed by atoms with E-state index in [0.29, 0.717) is 6.54 Å². The fourth-order valence-corrected chi connectivity index (χ4v) is 1.09. The summed E-state index contributed by atoms with van der Waals surface area (Å²) in [7, 11) is 1.58. The molecule has 86 valence electrons. The molecule has 1 heterocycles. The molecule has 16 heavy (non-hydrogen) atoms. The Morgan fingerprint density at radius 3 is 2.81 bits per heavy atom. The predicted molar refractivity (Wildman–Crippen MR) is 56.7 cm³/mol. The molecule has 1 aromatic rings. The number of rotatable bonds is 4. The Morgan fingerprint density at radius 2 is 2.25 bits per heavy atom. The molecule has 0 saturated carbocycles. The highest BCUT2D eigenvalue weighted by Crippen LogP contribution is 1.98. The molecule has 2 N–H and O–H groups in total. The summed E-state index contributed by atoms with van der Waals surface area (Å²) >= 11 is 0. The summed E-state index contributed by atoms with van der Waals surface area (Å²) in [6.45, 7) is -0.0440. The molecule has 0 aromatic carbocycles. The minimum absolute atomic E-state index is 0.340. The van der Waals surface area contributed by atoms with Crippen LogP contribution in [0.25, 0.3) is 0 Å². The van der Waals surface area contributed by atoms with Crippen LogP contribution in [0, 0.1) is 0 Å². The first-order valence-corrected chi connectivity index (χ1v) is 4.70. The number of carboxylic acid groups (broad SMARTS) is 1. The Bertz CT molecular complexity index is 367. The van der Waals surface area contributed by atoms with Crippen molar-refractivity contribution in [3.05, 3.63) is 30.1 Å². The fourth-order valence-electron chi connectivity index (χ4n) is 1.09. The zero-order valence-electron chi connectivity index (χ0n) is 8.88. The van der Waals surface area contributed by atoms with Crippen molar-refractivity contribution in [1.82, 2.24) is 15.2 Å². The quantitative estimate of drug-likeness (QED) is 0.769. The van der Waals surface area contributed by atoms with Crippen molar-refractivity contribution in [2.75, 3.05) is 13.6 Å². The first kappa shape index (κ1) is 12.0. The van der Waals surface area contributed by atoms with Gasteiger partial charge in [0.25, 0.3) is 0 Å². The van der Waals surface area contributed by atoms with Gasteiger partial charge in [-0.15, -0.1) is 0 Å². The molecule has 1 rings (SSSR count). The number of aromatic nitrogens is 1. The molecule has 6 nitrogen and oxygen atoms in total. The summed E-state index contributed by atoms with van der Waals surface area (Å²) in [6, 6.07) is 4.97. The molecule has 0 bridgehead atoms. The molecule has 0 atom stereocenters. The third-order valence-electron chi connectivity index (χ3n) is 1.86. The molecular formula is C10H13N3O3. The van der Waals surface area contributed by atoms with Crippen LogP contribution in [0.5, 0.6) is 0 Å². The molecular weight excluding hydrogens is 210 g/mol. The van der Waals surface area contributed by atoms with Crippen LogP contribution < -0.4 is 5.32 Å². The van der Waals surface area contributed by atoms with Crippen molar-refractivity contribution < 1.29 is 14.7 Å². The summed E-state index contributed by atoms with van der Waals surface area (Å²) in [4.78, 5) is 27.0. The standard InChI is InChI=1S/C10H13N3O3/c1-13(10(16)12-6-9(14)15)7-8-4-2-3-5-11-8/h2-5H,6-7H2,1H3,(H,12,16)(H,14,15). The minimum Gasteiger partial charge on any atom is -0.480 e. The number of pyridine rings is 1. The largest absolute Gasteiger partial charge is 0.480 e. The van der Waals surface area contributed by atoms with Gasteiger partial charge in [-0.3, -0.25) is 9.78 Å². The van der Waals surface area contributed by atoms with Crippen molar-refractivity contribution in [3.8, 4) is 0 Å². The lowest BCUT2D eigenvalue weighted by Crippen LogP contribution is -2.39. The van der Waals surface area contributed by atoms with Gasteiger partial charge in [0.15, 0.2) is 0 Å². The van der Waals surface area contributed by atoms with Gasteiger partial charge >= 0.3 is 12.0 Å². The van der Waals surface area contributed by atoms with Crippen LogP contribution >= 0.6 is 0 Å². The molecule has 1 aromatic heterocycles. The number of urea groups is 1. The molecule has 0 spiro atoms. The van der Waals surface area contributed by atoms with Gasteiger partial charge in [-0.25, -0.2) is 4.79 Å². The van der Waals surface area contributed by atoms with Crippen LogP contribution in [-0.4, -0.2) is 40.6 Å². The van der Waals surface area contributed by atoms with Crippen molar-refractivity contribution in [1.29, 1.82) is 0 Å². The van der Waals surface area contributed by atoms with Crippen LogP contribution in [0.2, 0.25) is 0 Å². The van der Waals surface area contributed by atoms with Crippen LogP contribution in [0.1, 0.15) is 5.69 Å². The number of hydrogen-bond acceptors (Lipinski definition) is 3. The van der Waals surface area contributed by atoms with Crippen LogP contribution in [0.15, 0.2) is 24.4 Å². The number of carbonyl (C=O) groups is 2. The summed E-state index contributed by atoms with van der Waals surface area (Å²) in [5.41, 5.74) is 0.746. The van der Waals surface area contributed by atoms with E-state index in [0.717, 1.165) is 5.69 Å². The van der Waals surface area contributed by atoms with E-state index in [2.05, 4.69) is 10.3 Å². The maximum Gasteiger partial charge on any atom is 0.323 e. The normalized spacial score (nSPS) is 9.56. The molecule has 0 fully saturated rings. The van der Waals surface area contributed by atoms with E-state index in [1.54, 1.807) is 25.4 Å². The lowest BCUT2D eigenvalue weighted by Gasteiger charge is -2.16. The monoisotopic (exact) mass is 223 g/mol. The van der Waals surface area contributed by atoms with Crippen molar-refractivity contribution in [2.45, 2.75) is 6.54 Å². The van der Waals surface area contributed by atoms with E-state index in [9.17, 15) is 9.59 Å². The van der Waals surface area contributed by atoms with Gasteiger partial charge < -0.3 is 15.3 Å². The minimum atomic E-state index is -1.07. The van der Waals surface area contributed by atoms with Gasteiger partial charge in [0.2, 0.25) is 0 Å². The summed E-state index contributed by atoms with van der Waals surface area (Å²) in [5, 5.41) is 10.7. The van der Waals surface area contributed by atoms with Crippen LogP contribution in [0.4, 0.5) is 4.79 Å². The van der Waals surface area contributed by atoms with Crippen molar-refractivity contribution in [2.24, 2.45) is 0 Å². The van der Waals surface area contributed by atoms with E-state index in [-0.39, 0.29) is 6.54 Å². The molecule has 0 saturated heterocycles. The Balaban J connectivity index is 2.43. The second-order valence-corrected chi connectivity index (χ2v) is 3.23. The smallest absolute Gasteiger partial charge is 0.323 e. The fraction of sp³-hybridized carbons (Fsp3) is 0.300. The average Bonchev–Trinajstić information content (AvgIpc) is 2.27. The number of hydrogen-bond donors (Lipinski definition) is 2. The van der Waals surface area contributed by atoms with Gasteiger partial charge in [0.1, 0.15) is 6.54 Å². The maximum absolute atomic E-state index is 11.4. The number of aliphatic carboxylic acids is 1. The third-order valence-corrected chi connectivity index (χ3v) is 1.86. The summed E-state index contributed by atoms with van der Waals surface area (Å²) < 4.78 is 0. The van der Waals surface area contributed by atoms with Gasteiger partial charge in [-0.05, 0) is 12.1 Å². The molecule has 0 unspecified atom stereocenters. The Hall–Kier alpha value is -2.11. The molecule has 6 heteroatoms. The number of carbonyl (C=O) groups excluding carboxylic acids is 1. The number of carboxylic acids is 1. The number of amides is 2. The zero-order chi connectivity index (χ0) is 12.0. The summed E-state index contributed by atoms with van der Waals surface area (Å²) in [6.07, 6.45) is 1.64. The second kappa shape index (κ2) is 5.69. The molecule has 0 aliphatic rings. The van der Waals surface area contributed by atoms with E-state index in [1.165, 1.54) is 4.90 Å². The lowest BCUT2D eigenvalue weighted by molar-refractivity contribution is -0.135. The molecule has 0 aliphatic carbocycles. The SMILES string of the molecule is CN(Cc1ccccn1)C(=O)NCC(=O)O. The Morgan fingerprint density at radius 1 is 1.50 bits per heavy atom. The average molecular weight is 223 g/mol. The Kier molecular flexibility index (Phi) is 4.26. The van der Waals surface area contributed by atoms with E-state index in [4.69, 9.17) is 5.11 Å². The van der Waals surface area contributed by atoms with Gasteiger partial charge in [0.05, 0.1) is 12.2 Å². The molecule has 0 aliphatic heterocycles. The summed E-state index contributed by atoms with van der Waals surface area (Å²) in [5.74, 6) is -1.07. The Labute approximate surface area is 92.9 Å². The third kappa shape index (κ3) is 3.95. The topological polar surface area (TPSA) is 82.5 Å². The van der Waals surface area contributed by atoms with E-state index in [1.807, 2.05) is 6.07 Å². The first-order valence-electron chi connectivity index (χ1n) is 4.70. The van der Waals surface area contributed by atoms with Crippen LogP contribution in [0.3, 0.4) is 0 Å². The van der Waals surface area contributed by atoms with E-state index < -0.39 is 12.0 Å². The lowest BCUT2D eigenvalue weighted by atomic mass is 10.3. The van der Waals surface area contributed by atoms with Crippen molar-refractivity contribution in [3.63, 3.8) is 0 Å². The predicted octanol–water partition coefficient (Wildman–Crippen LogP) is 0.308. The highest BCUT2D eigenvalue weighted by atomic mass is 16.4. The number of nitrogens with one attached hydrogen (secondary N) is 1. The van der Waals surface area contributed by atoms with Crippen molar-refractivity contribution >= 4 is 12.0 Å². The first-order chi connectivity index (χ1) is 7.59. The second-order valence-electron chi connectivity index (χ2n) is 3.23. The highest BCUT2D eigenvalue weighted by Gasteiger charge is 2.09. The highest BCUT2D eigenvalue weighted by molar-refractivity contribution is 5.79. The van der Waals surface area contributed by atoms with Crippen LogP contribution in [-0.2, 0) is 11.3 Å². The van der Waals surface area contributed by atoms with Gasteiger partial charge in [-0.2, -0.15) is 0 Å². The van der Waals surface area contributed by atoms with Gasteiger partial charge in [0, 0.05) is 13.2 Å². The van der Waals surface area contributed by atoms with Gasteiger partial charge in [-0.1, -0.05) is 6.07 Å². The maximum atomic E-state index is 11.4. The zero-order valence-corrected chi connectivity index (χ0v) is 8.88. The molecule has 0 radical (unpaired) electrons. The number of nitrogens with zero attached hydrogens (tertiary/aromatic N) is 2. The van der Waals surface area contributed by atoms with E-state index >= 15 is 0 Å².